The molecule has 1 aromatic rings. The van der Waals surface area contributed by atoms with E-state index in [9.17, 15) is 18.3 Å². The van der Waals surface area contributed by atoms with Gasteiger partial charge in [0.15, 0.2) is 0 Å². The van der Waals surface area contributed by atoms with E-state index in [0.717, 1.165) is 18.9 Å². The van der Waals surface area contributed by atoms with Crippen LogP contribution in [0.5, 0.6) is 0 Å². The molecule has 1 aliphatic rings. The number of halogens is 5. The van der Waals surface area contributed by atoms with Crippen LogP contribution < -0.4 is 0 Å². The highest BCUT2D eigenvalue weighted by Crippen LogP contribution is 2.42. The summed E-state index contributed by atoms with van der Waals surface area (Å²) in [5.41, 5.74) is -3.83. The van der Waals surface area contributed by atoms with Crippen LogP contribution in [0.2, 0.25) is 10.0 Å². The van der Waals surface area contributed by atoms with Gasteiger partial charge in [0, 0.05) is 21.5 Å². The summed E-state index contributed by atoms with van der Waals surface area (Å²) in [7, 11) is 0. The lowest BCUT2D eigenvalue weighted by Crippen LogP contribution is -2.41. The van der Waals surface area contributed by atoms with Gasteiger partial charge in [0.1, 0.15) is 0 Å². The Morgan fingerprint density at radius 2 is 1.84 bits per heavy atom. The molecule has 0 spiro atoms. The normalized spacial score (nSPS) is 18.4. The molecule has 0 amide bonds. The fourth-order valence-corrected chi connectivity index (χ4v) is 1.93. The van der Waals surface area contributed by atoms with E-state index in [1.165, 1.54) is 12.1 Å². The van der Waals surface area contributed by atoms with E-state index in [0.29, 0.717) is 0 Å². The van der Waals surface area contributed by atoms with Crippen molar-refractivity contribution >= 4 is 23.2 Å². The molecule has 2 rings (SSSR count). The molecular formula is C13H9Cl2F3O. The third-order valence-electron chi connectivity index (χ3n) is 2.76. The van der Waals surface area contributed by atoms with Crippen LogP contribution in [-0.2, 0) is 5.60 Å². The van der Waals surface area contributed by atoms with Gasteiger partial charge < -0.3 is 5.11 Å². The summed E-state index contributed by atoms with van der Waals surface area (Å²) in [4.78, 5) is 0. The Balaban J connectivity index is 2.54. The summed E-state index contributed by atoms with van der Waals surface area (Å²) in [6.45, 7) is 0. The van der Waals surface area contributed by atoms with Crippen LogP contribution in [0, 0.1) is 17.8 Å². The number of benzene rings is 1. The zero-order valence-corrected chi connectivity index (χ0v) is 11.1. The van der Waals surface area contributed by atoms with Crippen LogP contribution in [-0.4, -0.2) is 11.3 Å². The number of aliphatic hydroxyl groups is 1. The number of hydrogen-bond donors (Lipinski definition) is 1. The zero-order valence-electron chi connectivity index (χ0n) is 9.56. The average Bonchev–Trinajstić information content (AvgIpc) is 3.11. The van der Waals surface area contributed by atoms with E-state index in [-0.39, 0.29) is 16.0 Å². The standard InChI is InChI=1S/C13H9Cl2F3O/c14-9-3-4-11(15)10(7-9)12(19,13(16,17)18)6-5-8-1-2-8/h3-4,7-8,19H,1-2H2. The minimum absolute atomic E-state index is 0.0512. The van der Waals surface area contributed by atoms with Gasteiger partial charge in [0.25, 0.3) is 0 Å². The summed E-state index contributed by atoms with van der Waals surface area (Å²) in [6, 6.07) is 3.53. The van der Waals surface area contributed by atoms with Gasteiger partial charge in [0.2, 0.25) is 5.60 Å². The third-order valence-corrected chi connectivity index (χ3v) is 3.33. The van der Waals surface area contributed by atoms with Crippen molar-refractivity contribution in [1.82, 2.24) is 0 Å². The van der Waals surface area contributed by atoms with Gasteiger partial charge in [-0.1, -0.05) is 35.0 Å². The smallest absolute Gasteiger partial charge is 0.366 e. The Bertz CT molecular complexity index is 555. The Kier molecular flexibility index (Phi) is 3.74. The molecule has 1 aromatic carbocycles. The van der Waals surface area contributed by atoms with Gasteiger partial charge >= 0.3 is 6.18 Å². The summed E-state index contributed by atoms with van der Waals surface area (Å²) in [5, 5.41) is 9.78. The molecule has 1 atom stereocenters. The number of hydrogen-bond acceptors (Lipinski definition) is 1. The van der Waals surface area contributed by atoms with Gasteiger partial charge in [-0.25, -0.2) is 0 Å². The maximum absolute atomic E-state index is 13.1. The molecule has 6 heteroatoms. The second kappa shape index (κ2) is 4.90. The molecule has 1 unspecified atom stereocenters. The first-order valence-electron chi connectivity index (χ1n) is 5.51. The van der Waals surface area contributed by atoms with E-state index in [4.69, 9.17) is 23.2 Å². The second-order valence-electron chi connectivity index (χ2n) is 4.38. The molecule has 102 valence electrons. The monoisotopic (exact) mass is 308 g/mol. The minimum Gasteiger partial charge on any atom is -0.366 e. The molecule has 1 N–H and O–H groups in total. The quantitative estimate of drug-likeness (QED) is 0.773. The van der Waals surface area contributed by atoms with Crippen LogP contribution in [0.15, 0.2) is 18.2 Å². The fraction of sp³-hybridized carbons (Fsp3) is 0.385. The lowest BCUT2D eigenvalue weighted by Gasteiger charge is -2.26. The van der Waals surface area contributed by atoms with Gasteiger partial charge in [-0.15, -0.1) is 0 Å². The third kappa shape index (κ3) is 3.00. The second-order valence-corrected chi connectivity index (χ2v) is 5.22. The van der Waals surface area contributed by atoms with E-state index in [1.807, 2.05) is 5.92 Å². The Morgan fingerprint density at radius 3 is 2.37 bits per heavy atom. The predicted molar refractivity (Wildman–Crippen MR) is 66.9 cm³/mol. The van der Waals surface area contributed by atoms with E-state index in [1.54, 1.807) is 0 Å². The largest absolute Gasteiger partial charge is 0.433 e. The highest BCUT2D eigenvalue weighted by molar-refractivity contribution is 6.33. The first-order valence-corrected chi connectivity index (χ1v) is 6.27. The Hall–Kier alpha value is -0.890. The molecule has 0 bridgehead atoms. The zero-order chi connectivity index (χ0) is 14.3. The number of rotatable bonds is 1. The van der Waals surface area contributed by atoms with E-state index < -0.39 is 17.3 Å². The van der Waals surface area contributed by atoms with Crippen molar-refractivity contribution in [2.24, 2.45) is 5.92 Å². The summed E-state index contributed by atoms with van der Waals surface area (Å²) >= 11 is 11.4. The van der Waals surface area contributed by atoms with Gasteiger partial charge in [-0.3, -0.25) is 0 Å². The molecule has 0 aliphatic heterocycles. The van der Waals surface area contributed by atoms with Crippen LogP contribution in [0.4, 0.5) is 13.2 Å². The fourth-order valence-electron chi connectivity index (χ4n) is 1.50. The van der Waals surface area contributed by atoms with E-state index >= 15 is 0 Å². The highest BCUT2D eigenvalue weighted by atomic mass is 35.5. The minimum atomic E-state index is -4.96. The average molecular weight is 309 g/mol. The molecule has 1 saturated carbocycles. The Morgan fingerprint density at radius 1 is 1.21 bits per heavy atom. The van der Waals surface area contributed by atoms with Crippen LogP contribution in [0.3, 0.4) is 0 Å². The molecule has 1 fully saturated rings. The molecule has 0 radical (unpaired) electrons. The van der Waals surface area contributed by atoms with Crippen molar-refractivity contribution in [3.8, 4) is 11.8 Å². The van der Waals surface area contributed by atoms with Gasteiger partial charge in [0.05, 0.1) is 0 Å². The van der Waals surface area contributed by atoms with Crippen LogP contribution in [0.25, 0.3) is 0 Å². The molecular weight excluding hydrogens is 300 g/mol. The summed E-state index contributed by atoms with van der Waals surface area (Å²) in [6.07, 6.45) is -3.45. The van der Waals surface area contributed by atoms with Crippen molar-refractivity contribution < 1.29 is 18.3 Å². The first kappa shape index (κ1) is 14.5. The number of alkyl halides is 3. The molecule has 1 nitrogen and oxygen atoms in total. The molecule has 0 heterocycles. The Labute approximate surface area is 118 Å². The lowest BCUT2D eigenvalue weighted by atomic mass is 9.93. The van der Waals surface area contributed by atoms with Crippen LogP contribution >= 0.6 is 23.2 Å². The predicted octanol–water partition coefficient (Wildman–Crippen LogP) is 4.16. The molecule has 19 heavy (non-hydrogen) atoms. The van der Waals surface area contributed by atoms with Gasteiger partial charge in [-0.05, 0) is 31.0 Å². The maximum Gasteiger partial charge on any atom is 0.433 e. The first-order chi connectivity index (χ1) is 8.74. The van der Waals surface area contributed by atoms with Crippen LogP contribution in [0.1, 0.15) is 18.4 Å². The van der Waals surface area contributed by atoms with Crippen molar-refractivity contribution in [3.05, 3.63) is 33.8 Å². The molecule has 0 aromatic heterocycles. The van der Waals surface area contributed by atoms with Crippen molar-refractivity contribution in [2.45, 2.75) is 24.6 Å². The van der Waals surface area contributed by atoms with Crippen molar-refractivity contribution in [1.29, 1.82) is 0 Å². The lowest BCUT2D eigenvalue weighted by molar-refractivity contribution is -0.240. The molecule has 0 saturated heterocycles. The summed E-state index contributed by atoms with van der Waals surface area (Å²) in [5.74, 6) is 4.27. The van der Waals surface area contributed by atoms with E-state index in [2.05, 4.69) is 5.92 Å². The van der Waals surface area contributed by atoms with Gasteiger partial charge in [-0.2, -0.15) is 13.2 Å². The molecule has 1 aliphatic carbocycles. The SMILES string of the molecule is OC(C#CC1CC1)(c1cc(Cl)ccc1Cl)C(F)(F)F. The maximum atomic E-state index is 13.1. The van der Waals surface area contributed by atoms with Crippen molar-refractivity contribution in [3.63, 3.8) is 0 Å². The summed E-state index contributed by atoms with van der Waals surface area (Å²) < 4.78 is 39.4. The van der Waals surface area contributed by atoms with Crippen molar-refractivity contribution in [2.75, 3.05) is 0 Å². The highest BCUT2D eigenvalue weighted by Gasteiger charge is 2.55. The topological polar surface area (TPSA) is 20.2 Å².